The fourth-order valence-corrected chi connectivity index (χ4v) is 2.98. The van der Waals surface area contributed by atoms with E-state index >= 15 is 0 Å². The van der Waals surface area contributed by atoms with Gasteiger partial charge in [-0.15, -0.1) is 11.3 Å². The monoisotopic (exact) mass is 312 g/mol. The number of rotatable bonds is 3. The molecule has 1 amide bonds. The van der Waals surface area contributed by atoms with Crippen molar-refractivity contribution in [3.8, 4) is 11.5 Å². The average Bonchev–Trinajstić information content (AvgIpc) is 2.87. The van der Waals surface area contributed by atoms with Gasteiger partial charge in [0.2, 0.25) is 0 Å². The zero-order valence-corrected chi connectivity index (χ0v) is 12.2. The Balaban J connectivity index is 1.79. The molecule has 3 aromatic rings. The van der Waals surface area contributed by atoms with Gasteiger partial charge < -0.3 is 10.2 Å². The highest BCUT2D eigenvalue weighted by molar-refractivity contribution is 7.21. The van der Waals surface area contributed by atoms with E-state index in [1.165, 1.54) is 23.6 Å². The molecule has 3 rings (SSSR count). The van der Waals surface area contributed by atoms with Gasteiger partial charge in [-0.05, 0) is 24.3 Å². The standard InChI is InChI=1S/C16H12N2O3S/c19-12-7-3-1-5-10(12)9-17-18-16(21)15-14(20)11-6-2-4-8-13(11)22-15/h1-9,19-20H,(H,18,21)/b17-9-. The van der Waals surface area contributed by atoms with Gasteiger partial charge in [0.1, 0.15) is 16.4 Å². The van der Waals surface area contributed by atoms with Crippen LogP contribution in [0.3, 0.4) is 0 Å². The van der Waals surface area contributed by atoms with Crippen molar-refractivity contribution in [1.29, 1.82) is 0 Å². The van der Waals surface area contributed by atoms with Crippen LogP contribution in [0.25, 0.3) is 10.1 Å². The molecule has 110 valence electrons. The molecule has 0 saturated carbocycles. The number of carbonyl (C=O) groups is 1. The van der Waals surface area contributed by atoms with Crippen LogP contribution in [0.5, 0.6) is 11.5 Å². The lowest BCUT2D eigenvalue weighted by atomic mass is 10.2. The number of carbonyl (C=O) groups excluding carboxylic acids is 1. The lowest BCUT2D eigenvalue weighted by molar-refractivity contribution is 0.0957. The quantitative estimate of drug-likeness (QED) is 0.513. The second kappa shape index (κ2) is 5.87. The van der Waals surface area contributed by atoms with E-state index in [9.17, 15) is 15.0 Å². The Hall–Kier alpha value is -2.86. The minimum atomic E-state index is -0.495. The van der Waals surface area contributed by atoms with E-state index in [0.717, 1.165) is 4.70 Å². The molecule has 0 bridgehead atoms. The number of hydrogen-bond acceptors (Lipinski definition) is 5. The third-order valence-corrected chi connectivity index (χ3v) is 4.24. The van der Waals surface area contributed by atoms with Crippen LogP contribution in [0.15, 0.2) is 53.6 Å². The molecule has 2 aromatic carbocycles. The molecule has 0 atom stereocenters. The number of thiophene rings is 1. The summed E-state index contributed by atoms with van der Waals surface area (Å²) in [5, 5.41) is 24.1. The van der Waals surface area contributed by atoms with Crippen LogP contribution in [-0.2, 0) is 0 Å². The number of hydrogen-bond donors (Lipinski definition) is 3. The van der Waals surface area contributed by atoms with Crippen molar-refractivity contribution in [2.45, 2.75) is 0 Å². The number of nitrogens with one attached hydrogen (secondary N) is 1. The lowest BCUT2D eigenvalue weighted by Gasteiger charge is -1.99. The van der Waals surface area contributed by atoms with E-state index in [-0.39, 0.29) is 16.4 Å². The first-order valence-corrected chi connectivity index (χ1v) is 7.30. The zero-order chi connectivity index (χ0) is 15.5. The number of benzene rings is 2. The predicted molar refractivity (Wildman–Crippen MR) is 86.7 cm³/mol. The van der Waals surface area contributed by atoms with Crippen molar-refractivity contribution in [2.75, 3.05) is 0 Å². The van der Waals surface area contributed by atoms with Gasteiger partial charge in [-0.3, -0.25) is 4.79 Å². The number of phenolic OH excluding ortho intramolecular Hbond substituents is 1. The van der Waals surface area contributed by atoms with Crippen LogP contribution in [0, 0.1) is 0 Å². The van der Waals surface area contributed by atoms with Crippen molar-refractivity contribution in [2.24, 2.45) is 5.10 Å². The molecule has 0 fully saturated rings. The number of fused-ring (bicyclic) bond motifs is 1. The summed E-state index contributed by atoms with van der Waals surface area (Å²) in [7, 11) is 0. The number of hydrazone groups is 1. The molecule has 0 spiro atoms. The van der Waals surface area contributed by atoms with E-state index in [1.54, 1.807) is 30.3 Å². The molecule has 1 aromatic heterocycles. The fourth-order valence-electron chi connectivity index (χ4n) is 1.99. The van der Waals surface area contributed by atoms with E-state index in [1.807, 2.05) is 12.1 Å². The highest BCUT2D eigenvalue weighted by atomic mass is 32.1. The van der Waals surface area contributed by atoms with Gasteiger partial charge in [-0.1, -0.05) is 24.3 Å². The number of nitrogens with zero attached hydrogens (tertiary/aromatic N) is 1. The predicted octanol–water partition coefficient (Wildman–Crippen LogP) is 3.08. The van der Waals surface area contributed by atoms with Crippen molar-refractivity contribution in [1.82, 2.24) is 5.43 Å². The topological polar surface area (TPSA) is 81.9 Å². The number of aromatic hydroxyl groups is 2. The summed E-state index contributed by atoms with van der Waals surface area (Å²) in [6.45, 7) is 0. The first kappa shape index (κ1) is 14.1. The van der Waals surface area contributed by atoms with E-state index in [2.05, 4.69) is 10.5 Å². The Bertz CT molecular complexity index is 871. The third-order valence-electron chi connectivity index (χ3n) is 3.08. The number of para-hydroxylation sites is 1. The van der Waals surface area contributed by atoms with E-state index in [0.29, 0.717) is 10.9 Å². The maximum absolute atomic E-state index is 12.1. The van der Waals surface area contributed by atoms with Crippen LogP contribution >= 0.6 is 11.3 Å². The summed E-state index contributed by atoms with van der Waals surface area (Å²) in [5.74, 6) is -0.466. The Morgan fingerprint density at radius 1 is 1.09 bits per heavy atom. The molecule has 6 heteroatoms. The summed E-state index contributed by atoms with van der Waals surface area (Å²) < 4.78 is 0.829. The molecule has 1 heterocycles. The number of amides is 1. The first-order chi connectivity index (χ1) is 10.7. The molecule has 0 unspecified atom stereocenters. The molecule has 0 radical (unpaired) electrons. The molecule has 22 heavy (non-hydrogen) atoms. The van der Waals surface area contributed by atoms with E-state index in [4.69, 9.17) is 0 Å². The van der Waals surface area contributed by atoms with Crippen molar-refractivity contribution < 1.29 is 15.0 Å². The van der Waals surface area contributed by atoms with Gasteiger partial charge in [0.15, 0.2) is 0 Å². The van der Waals surface area contributed by atoms with Crippen molar-refractivity contribution in [3.05, 3.63) is 59.0 Å². The average molecular weight is 312 g/mol. The van der Waals surface area contributed by atoms with Crippen LogP contribution in [0.4, 0.5) is 0 Å². The summed E-state index contributed by atoms with van der Waals surface area (Å²) >= 11 is 1.20. The van der Waals surface area contributed by atoms with Crippen LogP contribution in [0.2, 0.25) is 0 Å². The maximum Gasteiger partial charge on any atom is 0.285 e. The molecule has 0 aliphatic heterocycles. The van der Waals surface area contributed by atoms with Crippen molar-refractivity contribution in [3.63, 3.8) is 0 Å². The smallest absolute Gasteiger partial charge is 0.285 e. The van der Waals surface area contributed by atoms with Crippen LogP contribution in [0.1, 0.15) is 15.2 Å². The van der Waals surface area contributed by atoms with Crippen molar-refractivity contribution >= 4 is 33.5 Å². The fraction of sp³-hybridized carbons (Fsp3) is 0. The van der Waals surface area contributed by atoms with Gasteiger partial charge in [0, 0.05) is 15.6 Å². The zero-order valence-electron chi connectivity index (χ0n) is 11.4. The Morgan fingerprint density at radius 3 is 2.59 bits per heavy atom. The largest absolute Gasteiger partial charge is 0.507 e. The molecular weight excluding hydrogens is 300 g/mol. The van der Waals surface area contributed by atoms with Gasteiger partial charge in [0.05, 0.1) is 6.21 Å². The molecule has 3 N–H and O–H groups in total. The summed E-state index contributed by atoms with van der Waals surface area (Å²) in [4.78, 5) is 12.3. The minimum absolute atomic E-state index is 0.0455. The summed E-state index contributed by atoms with van der Waals surface area (Å²) in [6, 6.07) is 13.9. The first-order valence-electron chi connectivity index (χ1n) is 6.48. The highest BCUT2D eigenvalue weighted by Gasteiger charge is 2.17. The van der Waals surface area contributed by atoms with Gasteiger partial charge in [0.25, 0.3) is 5.91 Å². The number of phenols is 1. The summed E-state index contributed by atoms with van der Waals surface area (Å²) in [6.07, 6.45) is 1.34. The Labute approximate surface area is 130 Å². The molecule has 0 aliphatic rings. The molecule has 0 saturated heterocycles. The van der Waals surface area contributed by atoms with Crippen LogP contribution in [-0.4, -0.2) is 22.3 Å². The van der Waals surface area contributed by atoms with Gasteiger partial charge in [-0.2, -0.15) is 5.10 Å². The Morgan fingerprint density at radius 2 is 1.82 bits per heavy atom. The van der Waals surface area contributed by atoms with Gasteiger partial charge >= 0.3 is 0 Å². The normalized spacial score (nSPS) is 11.1. The maximum atomic E-state index is 12.1. The summed E-state index contributed by atoms with van der Waals surface area (Å²) in [5.41, 5.74) is 2.84. The van der Waals surface area contributed by atoms with Gasteiger partial charge in [-0.25, -0.2) is 5.43 Å². The van der Waals surface area contributed by atoms with E-state index < -0.39 is 5.91 Å². The van der Waals surface area contributed by atoms with Crippen LogP contribution < -0.4 is 5.43 Å². The minimum Gasteiger partial charge on any atom is -0.507 e. The lowest BCUT2D eigenvalue weighted by Crippen LogP contribution is -2.16. The molecule has 5 nitrogen and oxygen atoms in total. The molecular formula is C16H12N2O3S. The molecule has 0 aliphatic carbocycles. The SMILES string of the molecule is O=C(N/N=C\c1ccccc1O)c1sc2ccccc2c1O. The second-order valence-corrected chi connectivity index (χ2v) is 5.59. The third kappa shape index (κ3) is 2.64. The second-order valence-electron chi connectivity index (χ2n) is 4.53. The Kier molecular flexibility index (Phi) is 3.76. The highest BCUT2D eigenvalue weighted by Crippen LogP contribution is 2.36.